The van der Waals surface area contributed by atoms with Gasteiger partial charge in [0.2, 0.25) is 11.8 Å². The number of rotatable bonds is 9. The van der Waals surface area contributed by atoms with Gasteiger partial charge in [-0.2, -0.15) is 0 Å². The molecule has 1 amide bonds. The molecule has 0 fully saturated rings. The number of benzene rings is 1. The van der Waals surface area contributed by atoms with Crippen molar-refractivity contribution in [3.05, 3.63) is 52.8 Å². The number of aryl methyl sites for hydroxylation is 2. The van der Waals surface area contributed by atoms with Crippen molar-refractivity contribution in [2.75, 3.05) is 24.3 Å². The molecule has 0 aliphatic rings. The molecule has 0 saturated heterocycles. The van der Waals surface area contributed by atoms with Crippen LogP contribution in [0.4, 0.5) is 5.88 Å². The Hall–Kier alpha value is -3.86. The second-order valence-electron chi connectivity index (χ2n) is 7.85. The van der Waals surface area contributed by atoms with Crippen LogP contribution in [-0.2, 0) is 14.3 Å². The van der Waals surface area contributed by atoms with Crippen LogP contribution in [0.2, 0.25) is 0 Å². The number of amides is 1. The number of fused-ring (bicyclic) bond motifs is 3. The van der Waals surface area contributed by atoms with Crippen molar-refractivity contribution in [1.29, 1.82) is 0 Å². The summed E-state index contributed by atoms with van der Waals surface area (Å²) in [4.78, 5) is 37.7. The number of furan rings is 1. The highest BCUT2D eigenvalue weighted by Gasteiger charge is 2.31. The van der Waals surface area contributed by atoms with Crippen LogP contribution in [0.3, 0.4) is 0 Å². The topological polar surface area (TPSA) is 125 Å². The molecule has 188 valence electrons. The number of hydrogen-bond acceptors (Lipinski definition) is 9. The third kappa shape index (κ3) is 4.92. The maximum absolute atomic E-state index is 12.7. The third-order valence-corrected chi connectivity index (χ3v) is 6.36. The highest BCUT2D eigenvalue weighted by molar-refractivity contribution is 7.99. The molecule has 1 aromatic carbocycles. The number of hydrogen-bond donors (Lipinski definition) is 1. The lowest BCUT2D eigenvalue weighted by atomic mass is 10.1. The largest absolute Gasteiger partial charge is 0.462 e. The molecule has 0 radical (unpaired) electrons. The molecule has 4 rings (SSSR count). The lowest BCUT2D eigenvalue weighted by Crippen LogP contribution is -2.17. The zero-order chi connectivity index (χ0) is 25.8. The molecule has 0 bridgehead atoms. The number of esters is 2. The Morgan fingerprint density at radius 2 is 1.72 bits per heavy atom. The van der Waals surface area contributed by atoms with E-state index in [-0.39, 0.29) is 42.4 Å². The molecule has 0 atom stereocenters. The van der Waals surface area contributed by atoms with Crippen molar-refractivity contribution in [2.24, 2.45) is 0 Å². The fourth-order valence-electron chi connectivity index (χ4n) is 3.87. The van der Waals surface area contributed by atoms with E-state index in [1.54, 1.807) is 13.8 Å². The first kappa shape index (κ1) is 25.2. The first-order valence-electron chi connectivity index (χ1n) is 11.5. The lowest BCUT2D eigenvalue weighted by Gasteiger charge is -2.08. The molecule has 3 heterocycles. The van der Waals surface area contributed by atoms with Crippen LogP contribution in [0.25, 0.3) is 16.6 Å². The number of pyridine rings is 1. The summed E-state index contributed by atoms with van der Waals surface area (Å²) in [7, 11) is 0. The van der Waals surface area contributed by atoms with Crippen LogP contribution >= 0.6 is 11.8 Å². The molecule has 0 aliphatic carbocycles. The highest BCUT2D eigenvalue weighted by Crippen LogP contribution is 2.30. The number of ether oxygens (including phenoxy) is 2. The molecule has 3 aromatic heterocycles. The van der Waals surface area contributed by atoms with Crippen LogP contribution in [0.15, 0.2) is 39.9 Å². The van der Waals surface area contributed by atoms with Gasteiger partial charge in [-0.25, -0.2) is 9.59 Å². The van der Waals surface area contributed by atoms with E-state index in [1.165, 1.54) is 18.7 Å². The second kappa shape index (κ2) is 10.8. The molecular formula is C25H26N4O6S. The minimum Gasteiger partial charge on any atom is -0.462 e. The first-order chi connectivity index (χ1) is 17.3. The normalized spacial score (nSPS) is 11.1. The van der Waals surface area contributed by atoms with Gasteiger partial charge in [0.15, 0.2) is 10.8 Å². The van der Waals surface area contributed by atoms with Crippen LogP contribution in [-0.4, -0.2) is 51.4 Å². The smallest absolute Gasteiger partial charge is 0.344 e. The Balaban J connectivity index is 1.50. The van der Waals surface area contributed by atoms with Gasteiger partial charge in [-0.1, -0.05) is 30.0 Å². The van der Waals surface area contributed by atoms with Gasteiger partial charge in [-0.3, -0.25) is 14.5 Å². The average molecular weight is 511 g/mol. The van der Waals surface area contributed by atoms with Gasteiger partial charge in [-0.05, 0) is 45.4 Å². The summed E-state index contributed by atoms with van der Waals surface area (Å²) in [6.07, 6.45) is 0.0973. The predicted octanol–water partition coefficient (Wildman–Crippen LogP) is 4.57. The molecular weight excluding hydrogens is 484 g/mol. The fraction of sp³-hybridized carbons (Fsp3) is 0.320. The number of para-hydroxylation sites is 1. The molecule has 36 heavy (non-hydrogen) atoms. The molecule has 0 unspecified atom stereocenters. The van der Waals surface area contributed by atoms with E-state index in [0.29, 0.717) is 10.9 Å². The third-order valence-electron chi connectivity index (χ3n) is 5.43. The maximum atomic E-state index is 12.7. The molecule has 11 heteroatoms. The molecule has 0 aliphatic heterocycles. The fourth-order valence-corrected chi connectivity index (χ4v) is 4.76. The van der Waals surface area contributed by atoms with Crippen molar-refractivity contribution in [1.82, 2.24) is 14.6 Å². The van der Waals surface area contributed by atoms with E-state index >= 15 is 0 Å². The minimum atomic E-state index is -0.779. The van der Waals surface area contributed by atoms with Crippen LogP contribution < -0.4 is 5.32 Å². The molecule has 1 N–H and O–H groups in total. The second-order valence-corrected chi connectivity index (χ2v) is 8.91. The number of carbonyl (C=O) groups is 3. The Morgan fingerprint density at radius 1 is 1.03 bits per heavy atom. The van der Waals surface area contributed by atoms with Gasteiger partial charge in [0.1, 0.15) is 16.9 Å². The molecule has 0 saturated carbocycles. The monoisotopic (exact) mass is 510 g/mol. The number of anilines is 1. The lowest BCUT2D eigenvalue weighted by molar-refractivity contribution is -0.115. The van der Waals surface area contributed by atoms with E-state index < -0.39 is 17.8 Å². The Morgan fingerprint density at radius 3 is 2.44 bits per heavy atom. The van der Waals surface area contributed by atoms with Crippen LogP contribution in [0.5, 0.6) is 0 Å². The van der Waals surface area contributed by atoms with E-state index in [0.717, 1.165) is 22.1 Å². The van der Waals surface area contributed by atoms with E-state index in [9.17, 15) is 14.4 Å². The van der Waals surface area contributed by atoms with Crippen molar-refractivity contribution >= 4 is 52.0 Å². The number of carbonyl (C=O) groups excluding carboxylic acids is 3. The SMILES string of the molecule is CCOC(=O)c1c(C)oc(NC(=O)CCSc2nnc3cc(C)c4ccccc4n23)c1C(=O)OCC. The number of nitrogens with one attached hydrogen (secondary N) is 1. The molecule has 10 nitrogen and oxygen atoms in total. The summed E-state index contributed by atoms with van der Waals surface area (Å²) in [6, 6.07) is 9.97. The van der Waals surface area contributed by atoms with Crippen LogP contribution in [0, 0.1) is 13.8 Å². The summed E-state index contributed by atoms with van der Waals surface area (Å²) in [5, 5.41) is 12.9. The van der Waals surface area contributed by atoms with Crippen molar-refractivity contribution in [2.45, 2.75) is 39.3 Å². The standard InChI is InChI=1S/C25H26N4O6S/c1-5-33-23(31)20-15(4)35-22(21(20)24(32)34-6-2)26-19(30)11-12-36-25-28-27-18-13-14(3)16-9-7-8-10-17(16)29(18)25/h7-10,13H,5-6,11-12H2,1-4H3,(H,26,30). The van der Waals surface area contributed by atoms with Crippen molar-refractivity contribution in [3.63, 3.8) is 0 Å². The first-order valence-corrected chi connectivity index (χ1v) is 12.5. The minimum absolute atomic E-state index is 0.0583. The van der Waals surface area contributed by atoms with Crippen LogP contribution in [0.1, 0.15) is 52.3 Å². The van der Waals surface area contributed by atoms with Crippen molar-refractivity contribution in [3.8, 4) is 0 Å². The van der Waals surface area contributed by atoms with Gasteiger partial charge in [0.25, 0.3) is 0 Å². The maximum Gasteiger partial charge on any atom is 0.344 e. The highest BCUT2D eigenvalue weighted by atomic mass is 32.2. The summed E-state index contributed by atoms with van der Waals surface area (Å²) >= 11 is 1.39. The number of thioether (sulfide) groups is 1. The molecule has 0 spiro atoms. The van der Waals surface area contributed by atoms with Gasteiger partial charge < -0.3 is 13.9 Å². The Bertz CT molecular complexity index is 1460. The van der Waals surface area contributed by atoms with E-state index in [2.05, 4.69) is 15.5 Å². The predicted molar refractivity (Wildman–Crippen MR) is 135 cm³/mol. The zero-order valence-electron chi connectivity index (χ0n) is 20.4. The van der Waals surface area contributed by atoms with Crippen molar-refractivity contribution < 1.29 is 28.3 Å². The van der Waals surface area contributed by atoms with E-state index in [4.69, 9.17) is 13.9 Å². The zero-order valence-corrected chi connectivity index (χ0v) is 21.2. The Kier molecular flexibility index (Phi) is 7.58. The summed E-state index contributed by atoms with van der Waals surface area (Å²) in [6.45, 7) is 7.06. The molecule has 4 aromatic rings. The summed E-state index contributed by atoms with van der Waals surface area (Å²) in [5.41, 5.74) is 2.61. The Labute approximate surface area is 211 Å². The van der Waals surface area contributed by atoms with Gasteiger partial charge >= 0.3 is 11.9 Å². The van der Waals surface area contributed by atoms with Gasteiger partial charge in [-0.15, -0.1) is 10.2 Å². The quantitative estimate of drug-likeness (QED) is 0.255. The summed E-state index contributed by atoms with van der Waals surface area (Å²) < 4.78 is 17.6. The number of aromatic nitrogens is 3. The average Bonchev–Trinajstić information content (AvgIpc) is 3.39. The summed E-state index contributed by atoms with van der Waals surface area (Å²) in [5.74, 6) is -1.49. The number of nitrogens with zero attached hydrogens (tertiary/aromatic N) is 3. The van der Waals surface area contributed by atoms with Gasteiger partial charge in [0, 0.05) is 17.6 Å². The van der Waals surface area contributed by atoms with E-state index in [1.807, 2.05) is 41.7 Å². The van der Waals surface area contributed by atoms with Gasteiger partial charge in [0.05, 0.1) is 18.7 Å².